The monoisotopic (exact) mass is 348 g/mol. The summed E-state index contributed by atoms with van der Waals surface area (Å²) < 4.78 is 5.67. The molecule has 2 heterocycles. The highest BCUT2D eigenvalue weighted by molar-refractivity contribution is 5.92. The molecule has 3 unspecified atom stereocenters. The summed E-state index contributed by atoms with van der Waals surface area (Å²) in [5, 5.41) is 0. The van der Waals surface area contributed by atoms with E-state index in [0.717, 1.165) is 6.42 Å². The molecule has 138 valence electrons. The van der Waals surface area contributed by atoms with Gasteiger partial charge in [0.25, 0.3) is 5.91 Å². The van der Waals surface area contributed by atoms with E-state index in [0.29, 0.717) is 31.7 Å². The summed E-state index contributed by atoms with van der Waals surface area (Å²) in [6.45, 7) is 9.53. The van der Waals surface area contributed by atoms with Crippen LogP contribution in [0.5, 0.6) is 0 Å². The molecule has 0 bridgehead atoms. The Balaban J connectivity index is 2.00. The summed E-state index contributed by atoms with van der Waals surface area (Å²) in [6.07, 6.45) is 5.70. The van der Waals surface area contributed by atoms with Crippen LogP contribution in [0, 0.1) is 0 Å². The van der Waals surface area contributed by atoms with Crippen LogP contribution in [0.4, 0.5) is 0 Å². The molecule has 7 nitrogen and oxygen atoms in total. The highest BCUT2D eigenvalue weighted by atomic mass is 16.5. The first kappa shape index (κ1) is 19.3. The van der Waals surface area contributed by atoms with Gasteiger partial charge in [0.05, 0.1) is 18.4 Å². The van der Waals surface area contributed by atoms with Crippen molar-refractivity contribution in [2.75, 3.05) is 19.6 Å². The number of hydrogen-bond donors (Lipinski definition) is 0. The molecule has 0 spiro atoms. The number of morpholine rings is 1. The van der Waals surface area contributed by atoms with Crippen LogP contribution < -0.4 is 0 Å². The molecule has 7 heteroatoms. The molecule has 3 atom stereocenters. The minimum Gasteiger partial charge on any atom is -0.372 e. The van der Waals surface area contributed by atoms with E-state index in [1.165, 1.54) is 18.6 Å². The molecule has 0 aliphatic carbocycles. The zero-order valence-electron chi connectivity index (χ0n) is 15.5. The average molecular weight is 348 g/mol. The molecular formula is C18H28N4O3. The third kappa shape index (κ3) is 5.22. The summed E-state index contributed by atoms with van der Waals surface area (Å²) in [7, 11) is 0. The molecule has 1 aliphatic rings. The minimum absolute atomic E-state index is 0.0323. The lowest BCUT2D eigenvalue weighted by Crippen LogP contribution is -2.49. The van der Waals surface area contributed by atoms with Gasteiger partial charge in [0.2, 0.25) is 5.91 Å². The molecule has 1 saturated heterocycles. The zero-order chi connectivity index (χ0) is 18.4. The van der Waals surface area contributed by atoms with Crippen molar-refractivity contribution in [2.45, 2.75) is 58.8 Å². The van der Waals surface area contributed by atoms with E-state index in [1.54, 1.807) is 4.90 Å². The van der Waals surface area contributed by atoms with Gasteiger partial charge < -0.3 is 14.5 Å². The smallest absolute Gasteiger partial charge is 0.274 e. The van der Waals surface area contributed by atoms with E-state index in [1.807, 2.05) is 32.6 Å². The second kappa shape index (κ2) is 8.89. The third-order valence-corrected chi connectivity index (χ3v) is 4.50. The number of carbonyl (C=O) groups excluding carboxylic acids is 2. The highest BCUT2D eigenvalue weighted by Gasteiger charge is 2.27. The van der Waals surface area contributed by atoms with Crippen LogP contribution in [0.2, 0.25) is 0 Å². The summed E-state index contributed by atoms with van der Waals surface area (Å²) in [6, 6.07) is 0.0323. The van der Waals surface area contributed by atoms with E-state index in [-0.39, 0.29) is 30.1 Å². The van der Waals surface area contributed by atoms with Crippen molar-refractivity contribution in [3.8, 4) is 0 Å². The molecule has 1 aromatic heterocycles. The first-order valence-corrected chi connectivity index (χ1v) is 8.92. The molecule has 1 fully saturated rings. The molecule has 0 saturated carbocycles. The number of carbonyl (C=O) groups is 2. The lowest BCUT2D eigenvalue weighted by Gasteiger charge is -2.36. The van der Waals surface area contributed by atoms with E-state index >= 15 is 0 Å². The van der Waals surface area contributed by atoms with Crippen molar-refractivity contribution in [3.05, 3.63) is 24.3 Å². The van der Waals surface area contributed by atoms with Crippen molar-refractivity contribution >= 4 is 11.8 Å². The largest absolute Gasteiger partial charge is 0.372 e. The zero-order valence-corrected chi connectivity index (χ0v) is 15.5. The third-order valence-electron chi connectivity index (χ3n) is 4.50. The molecule has 25 heavy (non-hydrogen) atoms. The number of aromatic nitrogens is 2. The van der Waals surface area contributed by atoms with E-state index in [4.69, 9.17) is 4.74 Å². The van der Waals surface area contributed by atoms with E-state index in [9.17, 15) is 9.59 Å². The van der Waals surface area contributed by atoms with Crippen LogP contribution in [-0.2, 0) is 9.53 Å². The standard InChI is InChI=1S/C18H28N4O3/c1-5-13(2)22(18(24)16-10-19-7-8-20-16)9-6-17(23)21-11-14(3)25-15(4)12-21/h7-8,10,13-15H,5-6,9,11-12H2,1-4H3. The van der Waals surface area contributed by atoms with Crippen LogP contribution >= 0.6 is 0 Å². The van der Waals surface area contributed by atoms with E-state index in [2.05, 4.69) is 9.97 Å². The van der Waals surface area contributed by atoms with Crippen LogP contribution in [0.1, 0.15) is 51.0 Å². The maximum absolute atomic E-state index is 12.7. The van der Waals surface area contributed by atoms with Gasteiger partial charge in [-0.15, -0.1) is 0 Å². The van der Waals surface area contributed by atoms with Gasteiger partial charge in [0, 0.05) is 44.5 Å². The van der Waals surface area contributed by atoms with E-state index < -0.39 is 0 Å². The Morgan fingerprint density at radius 2 is 2.00 bits per heavy atom. The van der Waals surface area contributed by atoms with Crippen molar-refractivity contribution in [3.63, 3.8) is 0 Å². The van der Waals surface area contributed by atoms with Crippen molar-refractivity contribution < 1.29 is 14.3 Å². The number of nitrogens with zero attached hydrogens (tertiary/aromatic N) is 4. The first-order chi connectivity index (χ1) is 11.9. The van der Waals surface area contributed by atoms with Gasteiger partial charge in [-0.25, -0.2) is 4.98 Å². The Bertz CT molecular complexity index is 571. The van der Waals surface area contributed by atoms with Gasteiger partial charge in [0.1, 0.15) is 5.69 Å². The van der Waals surface area contributed by atoms with Gasteiger partial charge in [-0.3, -0.25) is 14.6 Å². The number of ether oxygens (including phenoxy) is 1. The summed E-state index contributed by atoms with van der Waals surface area (Å²) in [5.74, 6) is -0.124. The molecular weight excluding hydrogens is 320 g/mol. The van der Waals surface area contributed by atoms with Crippen LogP contribution in [0.25, 0.3) is 0 Å². The fourth-order valence-electron chi connectivity index (χ4n) is 3.05. The number of hydrogen-bond acceptors (Lipinski definition) is 5. The lowest BCUT2D eigenvalue weighted by atomic mass is 10.1. The van der Waals surface area contributed by atoms with Crippen LogP contribution in [0.15, 0.2) is 18.6 Å². The van der Waals surface area contributed by atoms with Crippen LogP contribution in [0.3, 0.4) is 0 Å². The second-order valence-corrected chi connectivity index (χ2v) is 6.65. The van der Waals surface area contributed by atoms with Gasteiger partial charge in [-0.05, 0) is 27.2 Å². The molecule has 2 rings (SSSR count). The fourth-order valence-corrected chi connectivity index (χ4v) is 3.05. The molecule has 1 aromatic rings. The molecule has 1 aliphatic heterocycles. The van der Waals surface area contributed by atoms with Gasteiger partial charge in [-0.1, -0.05) is 6.92 Å². The number of rotatable bonds is 6. The van der Waals surface area contributed by atoms with Crippen LogP contribution in [-0.4, -0.2) is 69.5 Å². The SMILES string of the molecule is CCC(C)N(CCC(=O)N1CC(C)OC(C)C1)C(=O)c1cnccn1. The van der Waals surface area contributed by atoms with Gasteiger partial charge in [-0.2, -0.15) is 0 Å². The Hall–Kier alpha value is -2.02. The molecule has 0 aromatic carbocycles. The normalized spacial score (nSPS) is 21.7. The number of amides is 2. The van der Waals surface area contributed by atoms with Gasteiger partial charge in [0.15, 0.2) is 0 Å². The Morgan fingerprint density at radius 1 is 1.32 bits per heavy atom. The quantitative estimate of drug-likeness (QED) is 0.783. The maximum atomic E-state index is 12.7. The van der Waals surface area contributed by atoms with Crippen molar-refractivity contribution in [1.29, 1.82) is 0 Å². The fraction of sp³-hybridized carbons (Fsp3) is 0.667. The Morgan fingerprint density at radius 3 is 2.56 bits per heavy atom. The second-order valence-electron chi connectivity index (χ2n) is 6.65. The summed E-state index contributed by atoms with van der Waals surface area (Å²) in [5.41, 5.74) is 0.309. The minimum atomic E-state index is -0.182. The molecule has 0 radical (unpaired) electrons. The predicted octanol–water partition coefficient (Wildman–Crippen LogP) is 1.74. The van der Waals surface area contributed by atoms with Crippen molar-refractivity contribution in [2.24, 2.45) is 0 Å². The topological polar surface area (TPSA) is 75.6 Å². The van der Waals surface area contributed by atoms with Crippen molar-refractivity contribution in [1.82, 2.24) is 19.8 Å². The summed E-state index contributed by atoms with van der Waals surface area (Å²) >= 11 is 0. The Labute approximate surface area is 149 Å². The predicted molar refractivity (Wildman–Crippen MR) is 94.0 cm³/mol. The summed E-state index contributed by atoms with van der Waals surface area (Å²) in [4.78, 5) is 36.9. The Kier molecular flexibility index (Phi) is 6.87. The average Bonchev–Trinajstić information content (AvgIpc) is 2.61. The molecule has 2 amide bonds. The highest BCUT2D eigenvalue weighted by Crippen LogP contribution is 2.14. The lowest BCUT2D eigenvalue weighted by molar-refractivity contribution is -0.143. The maximum Gasteiger partial charge on any atom is 0.274 e. The molecule has 0 N–H and O–H groups in total. The van der Waals surface area contributed by atoms with Gasteiger partial charge >= 0.3 is 0 Å². The first-order valence-electron chi connectivity index (χ1n) is 8.92.